The van der Waals surface area contributed by atoms with Gasteiger partial charge in [-0.25, -0.2) is 0 Å². The van der Waals surface area contributed by atoms with Crippen LogP contribution in [0.4, 0.5) is 11.4 Å². The number of carbonyl (C=O) groups is 1. The van der Waals surface area contributed by atoms with Gasteiger partial charge in [0, 0.05) is 22.9 Å². The maximum Gasteiger partial charge on any atom is 0.281 e. The molecule has 7 nitrogen and oxygen atoms in total. The highest BCUT2D eigenvalue weighted by molar-refractivity contribution is 6.30. The summed E-state index contributed by atoms with van der Waals surface area (Å²) in [5, 5.41) is 14.2. The van der Waals surface area contributed by atoms with Crippen LogP contribution in [0.2, 0.25) is 5.02 Å². The van der Waals surface area contributed by atoms with Crippen LogP contribution in [0, 0.1) is 10.1 Å². The van der Waals surface area contributed by atoms with Crippen LogP contribution >= 0.6 is 11.6 Å². The van der Waals surface area contributed by atoms with Gasteiger partial charge in [0.25, 0.3) is 5.69 Å². The van der Waals surface area contributed by atoms with Crippen LogP contribution in [0.3, 0.4) is 0 Å². The molecule has 0 bridgehead atoms. The van der Waals surface area contributed by atoms with Gasteiger partial charge in [0.1, 0.15) is 17.3 Å². The average molecular weight is 399 g/mol. The standard InChI is InChI=1S/C20H15ClN2O5/c1-27-15-5-3-14(4-6-15)22-20(24)11-8-16-7-10-19(28-16)17-9-2-13(21)12-18(17)23(25)26/h2-12H,1H3,(H,22,24)/b11-8+. The van der Waals surface area contributed by atoms with Crippen LogP contribution in [0.15, 0.2) is 65.1 Å². The molecule has 0 aliphatic rings. The summed E-state index contributed by atoms with van der Waals surface area (Å²) >= 11 is 5.82. The Hall–Kier alpha value is -3.58. The van der Waals surface area contributed by atoms with Crippen LogP contribution in [0.25, 0.3) is 17.4 Å². The molecule has 1 heterocycles. The lowest BCUT2D eigenvalue weighted by Gasteiger charge is -2.03. The van der Waals surface area contributed by atoms with E-state index in [0.29, 0.717) is 28.5 Å². The van der Waals surface area contributed by atoms with Crippen molar-refractivity contribution in [2.45, 2.75) is 0 Å². The SMILES string of the molecule is COc1ccc(NC(=O)/C=C/c2ccc(-c3ccc(Cl)cc3[N+](=O)[O-])o2)cc1. The van der Waals surface area contributed by atoms with Gasteiger partial charge >= 0.3 is 0 Å². The van der Waals surface area contributed by atoms with E-state index < -0.39 is 4.92 Å². The Kier molecular flexibility index (Phi) is 5.76. The molecule has 142 valence electrons. The maximum atomic E-state index is 12.0. The number of benzene rings is 2. The Morgan fingerprint density at radius 3 is 2.61 bits per heavy atom. The minimum atomic E-state index is -0.526. The number of nitrogens with one attached hydrogen (secondary N) is 1. The summed E-state index contributed by atoms with van der Waals surface area (Å²) in [6.45, 7) is 0. The molecule has 1 amide bonds. The number of furan rings is 1. The summed E-state index contributed by atoms with van der Waals surface area (Å²) in [5.74, 6) is 1.02. The number of halogens is 1. The summed E-state index contributed by atoms with van der Waals surface area (Å²) in [6.07, 6.45) is 2.78. The lowest BCUT2D eigenvalue weighted by molar-refractivity contribution is -0.384. The number of nitro benzene ring substituents is 1. The van der Waals surface area contributed by atoms with Crippen molar-refractivity contribution in [1.29, 1.82) is 0 Å². The summed E-state index contributed by atoms with van der Waals surface area (Å²) in [7, 11) is 1.56. The van der Waals surface area contributed by atoms with Crippen molar-refractivity contribution in [3.8, 4) is 17.1 Å². The van der Waals surface area contributed by atoms with E-state index in [2.05, 4.69) is 5.32 Å². The number of hydrogen-bond acceptors (Lipinski definition) is 5. The molecule has 1 aromatic heterocycles. The fourth-order valence-electron chi connectivity index (χ4n) is 2.47. The molecule has 0 fully saturated rings. The first-order chi connectivity index (χ1) is 13.5. The predicted octanol–water partition coefficient (Wildman–Crippen LogP) is 5.17. The second kappa shape index (κ2) is 8.41. The molecule has 1 N–H and O–H groups in total. The van der Waals surface area contributed by atoms with E-state index in [-0.39, 0.29) is 16.6 Å². The highest BCUT2D eigenvalue weighted by atomic mass is 35.5. The quantitative estimate of drug-likeness (QED) is 0.351. The second-order valence-electron chi connectivity index (χ2n) is 5.67. The molecule has 0 spiro atoms. The molecule has 0 unspecified atom stereocenters. The van der Waals surface area contributed by atoms with Gasteiger partial charge in [0.05, 0.1) is 17.6 Å². The van der Waals surface area contributed by atoms with E-state index in [9.17, 15) is 14.9 Å². The molecule has 3 rings (SSSR count). The number of amides is 1. The van der Waals surface area contributed by atoms with Crippen LogP contribution in [0.1, 0.15) is 5.76 Å². The zero-order valence-corrected chi connectivity index (χ0v) is 15.5. The number of ether oxygens (including phenoxy) is 1. The van der Waals surface area contributed by atoms with E-state index in [1.165, 1.54) is 24.3 Å². The molecule has 0 radical (unpaired) electrons. The van der Waals surface area contributed by atoms with Gasteiger partial charge in [0.2, 0.25) is 5.91 Å². The fraction of sp³-hybridized carbons (Fsp3) is 0.0500. The number of nitro groups is 1. The van der Waals surface area contributed by atoms with E-state index in [4.69, 9.17) is 20.8 Å². The first-order valence-electron chi connectivity index (χ1n) is 8.13. The van der Waals surface area contributed by atoms with Crippen molar-refractivity contribution in [2.24, 2.45) is 0 Å². The average Bonchev–Trinajstić information content (AvgIpc) is 3.15. The molecular formula is C20H15ClN2O5. The minimum absolute atomic E-state index is 0.158. The van der Waals surface area contributed by atoms with Gasteiger partial charge in [-0.15, -0.1) is 0 Å². The van der Waals surface area contributed by atoms with Gasteiger partial charge in [-0.2, -0.15) is 0 Å². The number of methoxy groups -OCH3 is 1. The number of rotatable bonds is 6. The van der Waals surface area contributed by atoms with Crippen LogP contribution in [-0.4, -0.2) is 17.9 Å². The highest BCUT2D eigenvalue weighted by Crippen LogP contribution is 2.33. The molecule has 0 saturated carbocycles. The van der Waals surface area contributed by atoms with Gasteiger partial charge in [0.15, 0.2) is 0 Å². The molecule has 2 aromatic carbocycles. The maximum absolute atomic E-state index is 12.0. The lowest BCUT2D eigenvalue weighted by atomic mass is 10.1. The Morgan fingerprint density at radius 2 is 1.93 bits per heavy atom. The van der Waals surface area contributed by atoms with Crippen molar-refractivity contribution in [3.63, 3.8) is 0 Å². The third kappa shape index (κ3) is 4.57. The highest BCUT2D eigenvalue weighted by Gasteiger charge is 2.18. The zero-order chi connectivity index (χ0) is 20.1. The van der Waals surface area contributed by atoms with Crippen LogP contribution in [0.5, 0.6) is 5.75 Å². The lowest BCUT2D eigenvalue weighted by Crippen LogP contribution is -2.07. The van der Waals surface area contributed by atoms with Crippen molar-refractivity contribution < 1.29 is 18.9 Å². The van der Waals surface area contributed by atoms with Crippen molar-refractivity contribution in [2.75, 3.05) is 12.4 Å². The third-order valence-electron chi connectivity index (χ3n) is 3.81. The molecule has 0 aliphatic carbocycles. The van der Waals surface area contributed by atoms with E-state index >= 15 is 0 Å². The molecule has 0 atom stereocenters. The number of hydrogen-bond donors (Lipinski definition) is 1. The van der Waals surface area contributed by atoms with Gasteiger partial charge in [-0.05, 0) is 54.6 Å². The van der Waals surface area contributed by atoms with Crippen molar-refractivity contribution in [1.82, 2.24) is 0 Å². The topological polar surface area (TPSA) is 94.6 Å². The number of carbonyl (C=O) groups excluding carboxylic acids is 1. The van der Waals surface area contributed by atoms with E-state index in [1.807, 2.05) is 0 Å². The van der Waals surface area contributed by atoms with Crippen molar-refractivity contribution >= 4 is 35.0 Å². The zero-order valence-electron chi connectivity index (χ0n) is 14.7. The number of anilines is 1. The van der Waals surface area contributed by atoms with Gasteiger partial charge < -0.3 is 14.5 Å². The largest absolute Gasteiger partial charge is 0.497 e. The predicted molar refractivity (Wildman–Crippen MR) is 106 cm³/mol. The summed E-state index contributed by atoms with van der Waals surface area (Å²) in [4.78, 5) is 22.7. The molecule has 3 aromatic rings. The first-order valence-corrected chi connectivity index (χ1v) is 8.51. The summed E-state index contributed by atoms with van der Waals surface area (Å²) in [5.41, 5.74) is 0.763. The fourth-order valence-corrected chi connectivity index (χ4v) is 2.63. The van der Waals surface area contributed by atoms with Crippen LogP contribution < -0.4 is 10.1 Å². The monoisotopic (exact) mass is 398 g/mol. The Balaban J connectivity index is 1.72. The van der Waals surface area contributed by atoms with Gasteiger partial charge in [-0.3, -0.25) is 14.9 Å². The van der Waals surface area contributed by atoms with Crippen molar-refractivity contribution in [3.05, 3.63) is 81.6 Å². The minimum Gasteiger partial charge on any atom is -0.497 e. The van der Waals surface area contributed by atoms with Gasteiger partial charge in [-0.1, -0.05) is 11.6 Å². The van der Waals surface area contributed by atoms with E-state index in [1.54, 1.807) is 49.6 Å². The smallest absolute Gasteiger partial charge is 0.281 e. The Labute approximate surface area is 165 Å². The first kappa shape index (κ1) is 19.2. The molecule has 0 saturated heterocycles. The summed E-state index contributed by atoms with van der Waals surface area (Å²) < 4.78 is 10.7. The molecule has 0 aliphatic heterocycles. The van der Waals surface area contributed by atoms with Crippen LogP contribution in [-0.2, 0) is 4.79 Å². The molecular weight excluding hydrogens is 384 g/mol. The second-order valence-corrected chi connectivity index (χ2v) is 6.11. The third-order valence-corrected chi connectivity index (χ3v) is 4.04. The summed E-state index contributed by atoms with van der Waals surface area (Å²) in [6, 6.07) is 14.4. The molecule has 28 heavy (non-hydrogen) atoms. The normalized spacial score (nSPS) is 10.8. The molecule has 8 heteroatoms. The number of nitrogens with zero attached hydrogens (tertiary/aromatic N) is 1. The van der Waals surface area contributed by atoms with E-state index in [0.717, 1.165) is 0 Å². The Bertz CT molecular complexity index is 1040. The Morgan fingerprint density at radius 1 is 1.18 bits per heavy atom.